The van der Waals surface area contributed by atoms with Crippen molar-refractivity contribution in [2.24, 2.45) is 0 Å². The minimum atomic E-state index is -0.307. The highest BCUT2D eigenvalue weighted by molar-refractivity contribution is 5.87. The zero-order valence-electron chi connectivity index (χ0n) is 12.8. The van der Waals surface area contributed by atoms with Crippen LogP contribution < -0.4 is 5.32 Å². The number of rotatable bonds is 2. The van der Waals surface area contributed by atoms with Gasteiger partial charge in [-0.1, -0.05) is 6.92 Å². The first-order chi connectivity index (χ1) is 9.59. The van der Waals surface area contributed by atoms with Gasteiger partial charge in [-0.25, -0.2) is 0 Å². The smallest absolute Gasteiger partial charge is 0.243 e. The average molecular weight is 275 g/mol. The lowest BCUT2D eigenvalue weighted by molar-refractivity contribution is -0.141. The quantitative estimate of drug-likeness (QED) is 0.898. The SMILES string of the molecule is CCC1(C(=O)N2CCn3c(C)ccc3C2C)CCCN1. The first-order valence-electron chi connectivity index (χ1n) is 7.81. The highest BCUT2D eigenvalue weighted by atomic mass is 16.2. The van der Waals surface area contributed by atoms with Crippen LogP contribution in [0.1, 0.15) is 50.5 Å². The minimum absolute atomic E-state index is 0.177. The van der Waals surface area contributed by atoms with E-state index < -0.39 is 0 Å². The molecule has 2 unspecified atom stereocenters. The van der Waals surface area contributed by atoms with Crippen molar-refractivity contribution < 1.29 is 4.79 Å². The number of fused-ring (bicyclic) bond motifs is 1. The molecule has 2 aliphatic heterocycles. The summed E-state index contributed by atoms with van der Waals surface area (Å²) >= 11 is 0. The molecule has 2 atom stereocenters. The molecule has 20 heavy (non-hydrogen) atoms. The normalized spacial score (nSPS) is 29.6. The molecule has 4 heteroatoms. The van der Waals surface area contributed by atoms with E-state index in [9.17, 15) is 4.79 Å². The molecular formula is C16H25N3O. The van der Waals surface area contributed by atoms with E-state index >= 15 is 0 Å². The van der Waals surface area contributed by atoms with Crippen molar-refractivity contribution in [2.45, 2.75) is 58.2 Å². The first-order valence-corrected chi connectivity index (χ1v) is 7.81. The third-order valence-corrected chi connectivity index (χ3v) is 5.21. The van der Waals surface area contributed by atoms with Gasteiger partial charge in [0.1, 0.15) is 0 Å². The van der Waals surface area contributed by atoms with E-state index in [0.717, 1.165) is 38.9 Å². The van der Waals surface area contributed by atoms with Gasteiger partial charge in [-0.05, 0) is 51.8 Å². The molecule has 1 fully saturated rings. The monoisotopic (exact) mass is 275 g/mol. The maximum atomic E-state index is 13.0. The minimum Gasteiger partial charge on any atom is -0.345 e. The Morgan fingerprint density at radius 3 is 2.90 bits per heavy atom. The number of nitrogens with one attached hydrogen (secondary N) is 1. The lowest BCUT2D eigenvalue weighted by Crippen LogP contribution is -2.56. The third kappa shape index (κ3) is 1.89. The Labute approximate surface area is 121 Å². The van der Waals surface area contributed by atoms with Gasteiger partial charge in [0, 0.05) is 24.5 Å². The van der Waals surface area contributed by atoms with Crippen molar-refractivity contribution in [3.63, 3.8) is 0 Å². The molecule has 0 aromatic carbocycles. The fourth-order valence-electron chi connectivity index (χ4n) is 3.81. The van der Waals surface area contributed by atoms with Crippen LogP contribution in [-0.4, -0.2) is 34.0 Å². The summed E-state index contributed by atoms with van der Waals surface area (Å²) in [6, 6.07) is 4.50. The molecule has 1 aromatic heterocycles. The van der Waals surface area contributed by atoms with Crippen LogP contribution in [0.5, 0.6) is 0 Å². The molecule has 3 rings (SSSR count). The maximum absolute atomic E-state index is 13.0. The van der Waals surface area contributed by atoms with Gasteiger partial charge in [0.2, 0.25) is 5.91 Å². The second kappa shape index (κ2) is 4.92. The molecule has 110 valence electrons. The summed E-state index contributed by atoms with van der Waals surface area (Å²) < 4.78 is 2.34. The van der Waals surface area contributed by atoms with Crippen molar-refractivity contribution in [1.29, 1.82) is 0 Å². The second-order valence-corrected chi connectivity index (χ2v) is 6.19. The molecule has 3 heterocycles. The Balaban J connectivity index is 1.87. The van der Waals surface area contributed by atoms with Crippen LogP contribution in [-0.2, 0) is 11.3 Å². The van der Waals surface area contributed by atoms with Crippen LogP contribution in [0.15, 0.2) is 12.1 Å². The van der Waals surface area contributed by atoms with Gasteiger partial charge in [-0.15, -0.1) is 0 Å². The second-order valence-electron chi connectivity index (χ2n) is 6.19. The number of aromatic nitrogens is 1. The van der Waals surface area contributed by atoms with Crippen LogP contribution >= 0.6 is 0 Å². The zero-order valence-corrected chi connectivity index (χ0v) is 12.8. The summed E-state index contributed by atoms with van der Waals surface area (Å²) in [6.45, 7) is 9.13. The molecule has 0 saturated carbocycles. The number of carbonyl (C=O) groups is 1. The van der Waals surface area contributed by atoms with Crippen LogP contribution in [0.2, 0.25) is 0 Å². The third-order valence-electron chi connectivity index (χ3n) is 5.21. The first kappa shape index (κ1) is 13.7. The highest BCUT2D eigenvalue weighted by Gasteiger charge is 2.44. The van der Waals surface area contributed by atoms with Crippen molar-refractivity contribution >= 4 is 5.91 Å². The van der Waals surface area contributed by atoms with E-state index in [2.05, 4.69) is 47.7 Å². The Kier molecular flexibility index (Phi) is 3.36. The lowest BCUT2D eigenvalue weighted by Gasteiger charge is -2.41. The van der Waals surface area contributed by atoms with Gasteiger partial charge < -0.3 is 14.8 Å². The molecule has 0 radical (unpaired) electrons. The molecular weight excluding hydrogens is 250 g/mol. The van der Waals surface area contributed by atoms with E-state index in [1.54, 1.807) is 0 Å². The number of amides is 1. The summed E-state index contributed by atoms with van der Waals surface area (Å²) in [5.41, 5.74) is 2.26. The number of hydrogen-bond acceptors (Lipinski definition) is 2. The molecule has 1 amide bonds. The van der Waals surface area contributed by atoms with E-state index in [0.29, 0.717) is 5.91 Å². The standard InChI is InChI=1S/C16H25N3O/c1-4-16(8-5-9-17-16)15(20)19-11-10-18-12(2)6-7-14(18)13(19)3/h6-7,13,17H,4-5,8-11H2,1-3H3. The fourth-order valence-corrected chi connectivity index (χ4v) is 3.81. The summed E-state index contributed by atoms with van der Waals surface area (Å²) in [5.74, 6) is 0.301. The highest BCUT2D eigenvalue weighted by Crippen LogP contribution is 2.32. The topological polar surface area (TPSA) is 37.3 Å². The van der Waals surface area contributed by atoms with Crippen molar-refractivity contribution in [3.8, 4) is 0 Å². The van der Waals surface area contributed by atoms with Crippen LogP contribution in [0, 0.1) is 6.92 Å². The summed E-state index contributed by atoms with van der Waals surface area (Å²) in [7, 11) is 0. The Morgan fingerprint density at radius 1 is 1.45 bits per heavy atom. The number of carbonyl (C=O) groups excluding carboxylic acids is 1. The maximum Gasteiger partial charge on any atom is 0.243 e. The lowest BCUT2D eigenvalue weighted by atomic mass is 9.91. The molecule has 4 nitrogen and oxygen atoms in total. The fraction of sp³-hybridized carbons (Fsp3) is 0.688. The Bertz CT molecular complexity index is 514. The van der Waals surface area contributed by atoms with Gasteiger partial charge in [0.15, 0.2) is 0 Å². The van der Waals surface area contributed by atoms with Gasteiger partial charge >= 0.3 is 0 Å². The number of nitrogens with zero attached hydrogens (tertiary/aromatic N) is 2. The Hall–Kier alpha value is -1.29. The molecule has 1 saturated heterocycles. The van der Waals surface area contributed by atoms with E-state index in [1.165, 1.54) is 11.4 Å². The van der Waals surface area contributed by atoms with Crippen molar-refractivity contribution in [2.75, 3.05) is 13.1 Å². The largest absolute Gasteiger partial charge is 0.345 e. The number of aryl methyl sites for hydroxylation is 1. The summed E-state index contributed by atoms with van der Waals surface area (Å²) in [4.78, 5) is 15.1. The van der Waals surface area contributed by atoms with Gasteiger partial charge in [0.05, 0.1) is 11.6 Å². The molecule has 0 bridgehead atoms. The van der Waals surface area contributed by atoms with Crippen LogP contribution in [0.3, 0.4) is 0 Å². The Morgan fingerprint density at radius 2 is 2.25 bits per heavy atom. The average Bonchev–Trinajstić information content (AvgIpc) is 3.07. The summed E-state index contributed by atoms with van der Waals surface area (Å²) in [6.07, 6.45) is 2.97. The predicted molar refractivity (Wildman–Crippen MR) is 79.6 cm³/mol. The van der Waals surface area contributed by atoms with Crippen LogP contribution in [0.25, 0.3) is 0 Å². The van der Waals surface area contributed by atoms with Gasteiger partial charge in [-0.2, -0.15) is 0 Å². The molecule has 0 spiro atoms. The summed E-state index contributed by atoms with van der Waals surface area (Å²) in [5, 5.41) is 3.47. The van der Waals surface area contributed by atoms with Crippen LogP contribution in [0.4, 0.5) is 0 Å². The van der Waals surface area contributed by atoms with E-state index in [1.807, 2.05) is 0 Å². The van der Waals surface area contributed by atoms with E-state index in [4.69, 9.17) is 0 Å². The number of hydrogen-bond donors (Lipinski definition) is 1. The van der Waals surface area contributed by atoms with Gasteiger partial charge in [0.25, 0.3) is 0 Å². The molecule has 1 N–H and O–H groups in total. The van der Waals surface area contributed by atoms with Crippen molar-refractivity contribution in [3.05, 3.63) is 23.5 Å². The predicted octanol–water partition coefficient (Wildman–Crippen LogP) is 2.23. The van der Waals surface area contributed by atoms with E-state index in [-0.39, 0.29) is 11.6 Å². The molecule has 2 aliphatic rings. The molecule has 1 aromatic rings. The van der Waals surface area contributed by atoms with Gasteiger partial charge in [-0.3, -0.25) is 4.79 Å². The molecule has 0 aliphatic carbocycles. The van der Waals surface area contributed by atoms with Crippen molar-refractivity contribution in [1.82, 2.24) is 14.8 Å². The zero-order chi connectivity index (χ0) is 14.3.